The average molecular weight is 262 g/mol. The van der Waals surface area contributed by atoms with Gasteiger partial charge in [0, 0.05) is 24.2 Å². The Balaban J connectivity index is 2.69. The minimum absolute atomic E-state index is 0.0472. The molecule has 1 amide bonds. The molecule has 0 atom stereocenters. The number of carbonyl (C=O) groups excluding carboxylic acids is 1. The molecule has 1 N–H and O–H groups in total. The average Bonchev–Trinajstić information content (AvgIpc) is 2.25. The summed E-state index contributed by atoms with van der Waals surface area (Å²) in [6.45, 7) is 0. The van der Waals surface area contributed by atoms with Gasteiger partial charge in [-0.25, -0.2) is 8.42 Å². The molecule has 0 spiro atoms. The molecule has 88 valence electrons. The summed E-state index contributed by atoms with van der Waals surface area (Å²) in [5, 5.41) is 2.51. The normalized spacial score (nSPS) is 11.1. The number of nitrogens with one attached hydrogen (secondary N) is 1. The van der Waals surface area contributed by atoms with Crippen LogP contribution in [0.4, 0.5) is 0 Å². The SMILES string of the molecule is CNC(=O)CCc1ccc(S(=O)(=O)Cl)cc1. The van der Waals surface area contributed by atoms with Gasteiger partial charge < -0.3 is 5.32 Å². The standard InChI is InChI=1S/C10H12ClNO3S/c1-12-10(13)7-4-8-2-5-9(6-3-8)16(11,14)15/h2-3,5-6H,4,7H2,1H3,(H,12,13). The van der Waals surface area contributed by atoms with Crippen LogP contribution in [-0.4, -0.2) is 21.4 Å². The predicted molar refractivity (Wildman–Crippen MR) is 61.9 cm³/mol. The highest BCUT2D eigenvalue weighted by molar-refractivity contribution is 8.13. The second-order valence-corrected chi connectivity index (χ2v) is 5.82. The Kier molecular flexibility index (Phi) is 4.32. The van der Waals surface area contributed by atoms with Crippen LogP contribution in [0.1, 0.15) is 12.0 Å². The largest absolute Gasteiger partial charge is 0.359 e. The summed E-state index contributed by atoms with van der Waals surface area (Å²) >= 11 is 0. The third-order valence-electron chi connectivity index (χ3n) is 2.12. The van der Waals surface area contributed by atoms with Crippen molar-refractivity contribution in [3.63, 3.8) is 0 Å². The van der Waals surface area contributed by atoms with Crippen LogP contribution in [0.2, 0.25) is 0 Å². The number of hydrogen-bond acceptors (Lipinski definition) is 3. The zero-order valence-corrected chi connectivity index (χ0v) is 10.3. The maximum Gasteiger partial charge on any atom is 0.261 e. The van der Waals surface area contributed by atoms with Gasteiger partial charge in [-0.05, 0) is 24.1 Å². The fraction of sp³-hybridized carbons (Fsp3) is 0.300. The highest BCUT2D eigenvalue weighted by Gasteiger charge is 2.09. The Morgan fingerprint density at radius 1 is 1.31 bits per heavy atom. The fourth-order valence-electron chi connectivity index (χ4n) is 1.20. The predicted octanol–water partition coefficient (Wildman–Crippen LogP) is 1.29. The summed E-state index contributed by atoms with van der Waals surface area (Å²) in [5.41, 5.74) is 0.896. The summed E-state index contributed by atoms with van der Waals surface area (Å²) in [6.07, 6.45) is 0.950. The van der Waals surface area contributed by atoms with Crippen molar-refractivity contribution in [3.05, 3.63) is 29.8 Å². The van der Waals surface area contributed by atoms with Gasteiger partial charge in [0.05, 0.1) is 4.90 Å². The van der Waals surface area contributed by atoms with Gasteiger partial charge >= 0.3 is 0 Å². The minimum atomic E-state index is -3.66. The molecule has 0 saturated heterocycles. The van der Waals surface area contributed by atoms with E-state index < -0.39 is 9.05 Å². The number of rotatable bonds is 4. The van der Waals surface area contributed by atoms with Gasteiger partial charge in [0.1, 0.15) is 0 Å². The first-order chi connectivity index (χ1) is 7.43. The van der Waals surface area contributed by atoms with E-state index in [1.54, 1.807) is 19.2 Å². The Morgan fingerprint density at radius 2 is 1.88 bits per heavy atom. The lowest BCUT2D eigenvalue weighted by Gasteiger charge is -2.01. The van der Waals surface area contributed by atoms with Crippen molar-refractivity contribution in [2.45, 2.75) is 17.7 Å². The van der Waals surface area contributed by atoms with Crippen LogP contribution in [0.15, 0.2) is 29.2 Å². The lowest BCUT2D eigenvalue weighted by Crippen LogP contribution is -2.17. The van der Waals surface area contributed by atoms with Crippen molar-refractivity contribution in [1.82, 2.24) is 5.32 Å². The topological polar surface area (TPSA) is 63.2 Å². The van der Waals surface area contributed by atoms with Gasteiger partial charge in [-0.2, -0.15) is 0 Å². The van der Waals surface area contributed by atoms with Crippen LogP contribution in [-0.2, 0) is 20.3 Å². The number of amides is 1. The van der Waals surface area contributed by atoms with Crippen molar-refractivity contribution in [1.29, 1.82) is 0 Å². The van der Waals surface area contributed by atoms with Crippen LogP contribution in [0.5, 0.6) is 0 Å². The molecule has 0 heterocycles. The van der Waals surface area contributed by atoms with E-state index in [-0.39, 0.29) is 10.8 Å². The smallest absolute Gasteiger partial charge is 0.261 e. The van der Waals surface area contributed by atoms with Crippen LogP contribution in [0.25, 0.3) is 0 Å². The number of carbonyl (C=O) groups is 1. The van der Waals surface area contributed by atoms with Crippen LogP contribution in [0.3, 0.4) is 0 Å². The van der Waals surface area contributed by atoms with Crippen molar-refractivity contribution >= 4 is 25.6 Å². The second kappa shape index (κ2) is 5.32. The monoisotopic (exact) mass is 261 g/mol. The molecular weight excluding hydrogens is 250 g/mol. The molecule has 0 unspecified atom stereocenters. The third-order valence-corrected chi connectivity index (χ3v) is 3.49. The second-order valence-electron chi connectivity index (χ2n) is 3.25. The molecule has 0 aliphatic rings. The van der Waals surface area contributed by atoms with E-state index in [2.05, 4.69) is 5.32 Å². The van der Waals surface area contributed by atoms with Crippen molar-refractivity contribution in [2.75, 3.05) is 7.05 Å². The third kappa shape index (κ3) is 3.83. The molecule has 1 rings (SSSR count). The van der Waals surface area contributed by atoms with Crippen LogP contribution >= 0.6 is 10.7 Å². The zero-order chi connectivity index (χ0) is 12.2. The van der Waals surface area contributed by atoms with Crippen molar-refractivity contribution < 1.29 is 13.2 Å². The molecule has 0 aliphatic heterocycles. The molecule has 1 aromatic carbocycles. The summed E-state index contributed by atoms with van der Waals surface area (Å²) in [5.74, 6) is -0.0472. The van der Waals surface area contributed by atoms with Crippen LogP contribution < -0.4 is 5.32 Å². The quantitative estimate of drug-likeness (QED) is 0.831. The van der Waals surface area contributed by atoms with E-state index in [4.69, 9.17) is 10.7 Å². The Hall–Kier alpha value is -1.07. The summed E-state index contributed by atoms with van der Waals surface area (Å²) in [4.78, 5) is 11.1. The maximum absolute atomic E-state index is 11.0. The summed E-state index contributed by atoms with van der Waals surface area (Å²) in [7, 11) is 3.08. The van der Waals surface area contributed by atoms with Crippen molar-refractivity contribution in [2.24, 2.45) is 0 Å². The minimum Gasteiger partial charge on any atom is -0.359 e. The van der Waals surface area contributed by atoms with E-state index in [9.17, 15) is 13.2 Å². The molecule has 0 radical (unpaired) electrons. The lowest BCUT2D eigenvalue weighted by atomic mass is 10.1. The number of hydrogen-bond donors (Lipinski definition) is 1. The van der Waals surface area contributed by atoms with Gasteiger partial charge in [-0.1, -0.05) is 12.1 Å². The van der Waals surface area contributed by atoms with E-state index in [0.29, 0.717) is 12.8 Å². The molecule has 0 aromatic heterocycles. The maximum atomic E-state index is 11.0. The highest BCUT2D eigenvalue weighted by atomic mass is 35.7. The van der Waals surface area contributed by atoms with E-state index in [1.807, 2.05) is 0 Å². The van der Waals surface area contributed by atoms with E-state index in [0.717, 1.165) is 5.56 Å². The van der Waals surface area contributed by atoms with Gasteiger partial charge in [-0.3, -0.25) is 4.79 Å². The van der Waals surface area contributed by atoms with Gasteiger partial charge in [-0.15, -0.1) is 0 Å². The fourth-order valence-corrected chi connectivity index (χ4v) is 1.97. The molecular formula is C10H12ClNO3S. The molecule has 6 heteroatoms. The molecule has 0 fully saturated rings. The first kappa shape index (κ1) is 13.0. The molecule has 0 aliphatic carbocycles. The highest BCUT2D eigenvalue weighted by Crippen LogP contribution is 2.15. The molecule has 0 saturated carbocycles. The molecule has 4 nitrogen and oxygen atoms in total. The van der Waals surface area contributed by atoms with Crippen LogP contribution in [0, 0.1) is 0 Å². The lowest BCUT2D eigenvalue weighted by molar-refractivity contribution is -0.120. The zero-order valence-electron chi connectivity index (χ0n) is 8.73. The number of benzene rings is 1. The first-order valence-electron chi connectivity index (χ1n) is 4.67. The van der Waals surface area contributed by atoms with E-state index >= 15 is 0 Å². The van der Waals surface area contributed by atoms with Gasteiger partial charge in [0.2, 0.25) is 5.91 Å². The van der Waals surface area contributed by atoms with Gasteiger partial charge in [0.15, 0.2) is 0 Å². The van der Waals surface area contributed by atoms with E-state index in [1.165, 1.54) is 12.1 Å². The Morgan fingerprint density at radius 3 is 2.31 bits per heavy atom. The first-order valence-corrected chi connectivity index (χ1v) is 6.98. The Labute approximate surface area is 99.0 Å². The molecule has 0 bridgehead atoms. The van der Waals surface area contributed by atoms with Gasteiger partial charge in [0.25, 0.3) is 9.05 Å². The number of halogens is 1. The molecule has 16 heavy (non-hydrogen) atoms. The number of aryl methyl sites for hydroxylation is 1. The molecule has 1 aromatic rings. The van der Waals surface area contributed by atoms with Crippen molar-refractivity contribution in [3.8, 4) is 0 Å². The summed E-state index contributed by atoms with van der Waals surface area (Å²) < 4.78 is 21.9. The summed E-state index contributed by atoms with van der Waals surface area (Å²) in [6, 6.07) is 6.17. The Bertz CT molecular complexity index is 467.